The molecule has 0 fully saturated rings. The molecule has 0 bridgehead atoms. The Balaban J connectivity index is 2.11. The minimum Gasteiger partial charge on any atom is -0.379 e. The lowest BCUT2D eigenvalue weighted by molar-refractivity contribution is 0.602. The first kappa shape index (κ1) is 12.8. The third kappa shape index (κ3) is 2.96. The highest BCUT2D eigenvalue weighted by molar-refractivity contribution is 6.30. The predicted octanol–water partition coefficient (Wildman–Crippen LogP) is 4.37. The molecular formula is C13H9ClF3N. The smallest absolute Gasteiger partial charge is 0.146 e. The predicted molar refractivity (Wildman–Crippen MR) is 65.1 cm³/mol. The standard InChI is InChI=1S/C13H9ClF3N/c14-10-3-1-8(5-12(10)17)7-18-13-6-9(15)2-4-11(13)16/h1-6,18H,7H2. The van der Waals surface area contributed by atoms with Crippen molar-refractivity contribution in [3.05, 3.63) is 64.4 Å². The molecule has 0 unspecified atom stereocenters. The number of halogens is 4. The van der Waals surface area contributed by atoms with Gasteiger partial charge < -0.3 is 5.32 Å². The van der Waals surface area contributed by atoms with Crippen molar-refractivity contribution in [2.45, 2.75) is 6.54 Å². The number of nitrogens with one attached hydrogen (secondary N) is 1. The van der Waals surface area contributed by atoms with E-state index in [9.17, 15) is 13.2 Å². The summed E-state index contributed by atoms with van der Waals surface area (Å²) in [6.07, 6.45) is 0. The molecule has 94 valence electrons. The maximum absolute atomic E-state index is 13.3. The van der Waals surface area contributed by atoms with Gasteiger partial charge in [0, 0.05) is 6.54 Å². The van der Waals surface area contributed by atoms with Gasteiger partial charge >= 0.3 is 0 Å². The molecule has 0 saturated heterocycles. The van der Waals surface area contributed by atoms with Crippen LogP contribution in [-0.2, 0) is 6.54 Å². The van der Waals surface area contributed by atoms with Crippen LogP contribution in [-0.4, -0.2) is 0 Å². The zero-order valence-corrected chi connectivity index (χ0v) is 9.94. The van der Waals surface area contributed by atoms with E-state index >= 15 is 0 Å². The summed E-state index contributed by atoms with van der Waals surface area (Å²) >= 11 is 5.54. The lowest BCUT2D eigenvalue weighted by Crippen LogP contribution is -2.02. The SMILES string of the molecule is Fc1ccc(F)c(NCc2ccc(Cl)c(F)c2)c1. The number of hydrogen-bond donors (Lipinski definition) is 1. The van der Waals surface area contributed by atoms with Crippen LogP contribution in [0.15, 0.2) is 36.4 Å². The molecule has 1 N–H and O–H groups in total. The van der Waals surface area contributed by atoms with Gasteiger partial charge in [0.05, 0.1) is 10.7 Å². The second kappa shape index (κ2) is 5.31. The van der Waals surface area contributed by atoms with Crippen LogP contribution in [0, 0.1) is 17.5 Å². The van der Waals surface area contributed by atoms with Crippen molar-refractivity contribution in [3.63, 3.8) is 0 Å². The second-order valence-corrected chi connectivity index (χ2v) is 4.13. The Hall–Kier alpha value is -1.68. The Kier molecular flexibility index (Phi) is 3.77. The normalized spacial score (nSPS) is 10.4. The molecule has 0 heterocycles. The first-order valence-corrected chi connectivity index (χ1v) is 5.57. The van der Waals surface area contributed by atoms with Crippen LogP contribution >= 0.6 is 11.6 Å². The molecule has 0 spiro atoms. The van der Waals surface area contributed by atoms with E-state index in [1.54, 1.807) is 6.07 Å². The summed E-state index contributed by atoms with van der Waals surface area (Å²) < 4.78 is 39.4. The van der Waals surface area contributed by atoms with Crippen molar-refractivity contribution in [2.24, 2.45) is 0 Å². The lowest BCUT2D eigenvalue weighted by Gasteiger charge is -2.08. The summed E-state index contributed by atoms with van der Waals surface area (Å²) in [6.45, 7) is 0.175. The van der Waals surface area contributed by atoms with Gasteiger partial charge in [0.25, 0.3) is 0 Å². The van der Waals surface area contributed by atoms with Gasteiger partial charge in [0.2, 0.25) is 0 Å². The van der Waals surface area contributed by atoms with E-state index < -0.39 is 17.5 Å². The number of rotatable bonds is 3. The molecule has 18 heavy (non-hydrogen) atoms. The van der Waals surface area contributed by atoms with Gasteiger partial charge in [-0.25, -0.2) is 13.2 Å². The fourth-order valence-corrected chi connectivity index (χ4v) is 1.60. The first-order chi connectivity index (χ1) is 8.56. The molecular weight excluding hydrogens is 263 g/mol. The van der Waals surface area contributed by atoms with Crippen molar-refractivity contribution >= 4 is 17.3 Å². The maximum atomic E-state index is 13.3. The van der Waals surface area contributed by atoms with Crippen molar-refractivity contribution in [2.75, 3.05) is 5.32 Å². The topological polar surface area (TPSA) is 12.0 Å². The van der Waals surface area contributed by atoms with Gasteiger partial charge in [-0.05, 0) is 35.9 Å². The lowest BCUT2D eigenvalue weighted by atomic mass is 10.2. The molecule has 0 atom stereocenters. The highest BCUT2D eigenvalue weighted by Crippen LogP contribution is 2.19. The molecule has 1 nitrogen and oxygen atoms in total. The molecule has 0 aliphatic carbocycles. The molecule has 2 rings (SSSR count). The first-order valence-electron chi connectivity index (χ1n) is 5.19. The highest BCUT2D eigenvalue weighted by atomic mass is 35.5. The van der Waals surface area contributed by atoms with E-state index in [4.69, 9.17) is 11.6 Å². The van der Waals surface area contributed by atoms with Crippen molar-refractivity contribution in [3.8, 4) is 0 Å². The largest absolute Gasteiger partial charge is 0.379 e. The van der Waals surface area contributed by atoms with E-state index in [1.807, 2.05) is 0 Å². The van der Waals surface area contributed by atoms with Crippen LogP contribution < -0.4 is 5.32 Å². The Morgan fingerprint density at radius 1 is 0.944 bits per heavy atom. The fraction of sp³-hybridized carbons (Fsp3) is 0.0769. The average molecular weight is 272 g/mol. The molecule has 2 aromatic carbocycles. The van der Waals surface area contributed by atoms with Gasteiger partial charge in [0.15, 0.2) is 0 Å². The van der Waals surface area contributed by atoms with Gasteiger partial charge in [-0.1, -0.05) is 17.7 Å². The van der Waals surface area contributed by atoms with Crippen LogP contribution in [0.1, 0.15) is 5.56 Å². The van der Waals surface area contributed by atoms with Gasteiger partial charge in [-0.3, -0.25) is 0 Å². The molecule has 0 aliphatic rings. The molecule has 2 aromatic rings. The monoisotopic (exact) mass is 271 g/mol. The summed E-state index contributed by atoms with van der Waals surface area (Å²) in [5, 5.41) is 2.72. The van der Waals surface area contributed by atoms with Crippen molar-refractivity contribution in [1.29, 1.82) is 0 Å². The Morgan fingerprint density at radius 3 is 2.44 bits per heavy atom. The third-order valence-electron chi connectivity index (χ3n) is 2.40. The van der Waals surface area contributed by atoms with Gasteiger partial charge in [-0.15, -0.1) is 0 Å². The summed E-state index contributed by atoms with van der Waals surface area (Å²) in [5.74, 6) is -1.65. The second-order valence-electron chi connectivity index (χ2n) is 3.73. The van der Waals surface area contributed by atoms with Gasteiger partial charge in [0.1, 0.15) is 17.5 Å². The van der Waals surface area contributed by atoms with Crippen molar-refractivity contribution in [1.82, 2.24) is 0 Å². The van der Waals surface area contributed by atoms with Crippen molar-refractivity contribution < 1.29 is 13.2 Å². The van der Waals surface area contributed by atoms with Crippen LogP contribution in [0.25, 0.3) is 0 Å². The quantitative estimate of drug-likeness (QED) is 0.874. The summed E-state index contributed by atoms with van der Waals surface area (Å²) in [6, 6.07) is 7.36. The molecule has 0 aromatic heterocycles. The number of anilines is 1. The summed E-state index contributed by atoms with van der Waals surface area (Å²) in [7, 11) is 0. The van der Waals surface area contributed by atoms with E-state index in [-0.39, 0.29) is 17.3 Å². The van der Waals surface area contributed by atoms with E-state index in [2.05, 4.69) is 5.32 Å². The van der Waals surface area contributed by atoms with Crippen LogP contribution in [0.3, 0.4) is 0 Å². The minimum absolute atomic E-state index is 0.0238. The average Bonchev–Trinajstić information content (AvgIpc) is 2.34. The molecule has 0 saturated carbocycles. The Bertz CT molecular complexity index is 572. The number of hydrogen-bond acceptors (Lipinski definition) is 1. The maximum Gasteiger partial charge on any atom is 0.146 e. The minimum atomic E-state index is -0.564. The Morgan fingerprint density at radius 2 is 1.72 bits per heavy atom. The molecule has 0 aliphatic heterocycles. The molecule has 0 radical (unpaired) electrons. The van der Waals surface area contributed by atoms with Crippen LogP contribution in [0.4, 0.5) is 18.9 Å². The highest BCUT2D eigenvalue weighted by Gasteiger charge is 2.05. The fourth-order valence-electron chi connectivity index (χ4n) is 1.48. The molecule has 5 heteroatoms. The molecule has 0 amide bonds. The summed E-state index contributed by atoms with van der Waals surface area (Å²) in [4.78, 5) is 0. The van der Waals surface area contributed by atoms with Crippen LogP contribution in [0.5, 0.6) is 0 Å². The zero-order valence-electron chi connectivity index (χ0n) is 9.18. The third-order valence-corrected chi connectivity index (χ3v) is 2.70. The van der Waals surface area contributed by atoms with Crippen LogP contribution in [0.2, 0.25) is 5.02 Å². The van der Waals surface area contributed by atoms with E-state index in [1.165, 1.54) is 12.1 Å². The summed E-state index contributed by atoms with van der Waals surface area (Å²) in [5.41, 5.74) is 0.617. The Labute approximate surface area is 107 Å². The zero-order chi connectivity index (χ0) is 13.1. The number of benzene rings is 2. The van der Waals surface area contributed by atoms with Gasteiger partial charge in [-0.2, -0.15) is 0 Å². The van der Waals surface area contributed by atoms with E-state index in [0.29, 0.717) is 5.56 Å². The van der Waals surface area contributed by atoms with E-state index in [0.717, 1.165) is 18.2 Å².